The normalized spacial score (nSPS) is 11.0. The van der Waals surface area contributed by atoms with Crippen LogP contribution in [0.15, 0.2) is 35.9 Å². The van der Waals surface area contributed by atoms with Crippen LogP contribution >= 0.6 is 0 Å². The van der Waals surface area contributed by atoms with E-state index in [2.05, 4.69) is 15.4 Å². The summed E-state index contributed by atoms with van der Waals surface area (Å²) in [5, 5.41) is 5.42. The van der Waals surface area contributed by atoms with E-state index in [0.29, 0.717) is 30.3 Å². The van der Waals surface area contributed by atoms with Crippen molar-refractivity contribution in [3.63, 3.8) is 0 Å². The number of ether oxygens (including phenoxy) is 2. The quantitative estimate of drug-likeness (QED) is 0.321. The zero-order valence-electron chi connectivity index (χ0n) is 15.6. The number of rotatable bonds is 8. The summed E-state index contributed by atoms with van der Waals surface area (Å²) in [5.41, 5.74) is 1.42. The summed E-state index contributed by atoms with van der Waals surface area (Å²) in [4.78, 5) is 34.9. The van der Waals surface area contributed by atoms with Crippen molar-refractivity contribution >= 4 is 18.0 Å². The predicted octanol–water partition coefficient (Wildman–Crippen LogP) is 2.67. The van der Waals surface area contributed by atoms with Gasteiger partial charge in [0.15, 0.2) is 0 Å². The molecule has 0 aliphatic heterocycles. The maximum atomic E-state index is 12.0. The molecule has 0 aromatic heterocycles. The molecule has 0 bridgehead atoms. The average Bonchev–Trinajstić information content (AvgIpc) is 2.59. The van der Waals surface area contributed by atoms with Gasteiger partial charge in [0, 0.05) is 24.7 Å². The minimum atomic E-state index is -0.790. The Labute approximate surface area is 153 Å². The van der Waals surface area contributed by atoms with Gasteiger partial charge in [0.05, 0.1) is 6.61 Å². The van der Waals surface area contributed by atoms with E-state index in [4.69, 9.17) is 4.74 Å². The molecule has 0 aliphatic carbocycles. The second-order valence-electron chi connectivity index (χ2n) is 5.90. The number of allylic oxidation sites excluding steroid dienone is 1. The van der Waals surface area contributed by atoms with Gasteiger partial charge in [0.2, 0.25) is 5.91 Å². The molecule has 2 amide bonds. The summed E-state index contributed by atoms with van der Waals surface area (Å²) in [6.45, 7) is 8.48. The lowest BCUT2D eigenvalue weighted by Crippen LogP contribution is -2.34. The predicted molar refractivity (Wildman–Crippen MR) is 98.0 cm³/mol. The summed E-state index contributed by atoms with van der Waals surface area (Å²) in [6.07, 6.45) is 0.775. The van der Waals surface area contributed by atoms with Crippen LogP contribution in [0.1, 0.15) is 38.1 Å². The molecule has 0 saturated heterocycles. The summed E-state index contributed by atoms with van der Waals surface area (Å²) in [7, 11) is 0. The van der Waals surface area contributed by atoms with Gasteiger partial charge < -0.3 is 20.1 Å². The Hall–Kier alpha value is -2.83. The number of hydrogen-bond acceptors (Lipinski definition) is 5. The summed E-state index contributed by atoms with van der Waals surface area (Å²) in [6, 6.07) is 6.09. The highest BCUT2D eigenvalue weighted by molar-refractivity contribution is 5.94. The number of amides is 2. The highest BCUT2D eigenvalue weighted by Crippen LogP contribution is 2.13. The zero-order chi connectivity index (χ0) is 19.5. The standard InChI is InChI=1S/C19H26N2O5/c1-5-25-19(24)26-16-8-6-15(7-9-16)18(23)21-11-10-20-17(22)12-14(4)13(2)3/h6-9,12-13H,5,10-11H2,1-4H3,(H,20,22)(H,21,23)/b14-12+. The van der Waals surface area contributed by atoms with E-state index >= 15 is 0 Å². The van der Waals surface area contributed by atoms with Gasteiger partial charge in [-0.1, -0.05) is 19.4 Å². The van der Waals surface area contributed by atoms with Crippen molar-refractivity contribution in [3.05, 3.63) is 41.5 Å². The van der Waals surface area contributed by atoms with E-state index in [9.17, 15) is 14.4 Å². The Morgan fingerprint density at radius 2 is 1.69 bits per heavy atom. The molecule has 0 fully saturated rings. The first-order valence-corrected chi connectivity index (χ1v) is 8.52. The van der Waals surface area contributed by atoms with Crippen LogP contribution in [0.2, 0.25) is 0 Å². The first-order chi connectivity index (χ1) is 12.3. The van der Waals surface area contributed by atoms with E-state index < -0.39 is 6.16 Å². The number of benzene rings is 1. The third-order valence-electron chi connectivity index (χ3n) is 3.56. The molecule has 0 spiro atoms. The van der Waals surface area contributed by atoms with Crippen LogP contribution in [0.25, 0.3) is 0 Å². The Bertz CT molecular complexity index is 650. The minimum Gasteiger partial charge on any atom is -0.434 e. The third-order valence-corrected chi connectivity index (χ3v) is 3.56. The van der Waals surface area contributed by atoms with Crippen molar-refractivity contribution in [1.82, 2.24) is 10.6 Å². The van der Waals surface area contributed by atoms with Crippen LogP contribution in [0, 0.1) is 5.92 Å². The maximum absolute atomic E-state index is 12.0. The van der Waals surface area contributed by atoms with Gasteiger partial charge in [-0.25, -0.2) is 4.79 Å². The van der Waals surface area contributed by atoms with Gasteiger partial charge in [-0.2, -0.15) is 0 Å². The molecule has 1 aromatic carbocycles. The Kier molecular flexibility index (Phi) is 8.91. The van der Waals surface area contributed by atoms with E-state index in [0.717, 1.165) is 5.57 Å². The molecule has 142 valence electrons. The zero-order valence-corrected chi connectivity index (χ0v) is 15.6. The fraction of sp³-hybridized carbons (Fsp3) is 0.421. The van der Waals surface area contributed by atoms with Crippen molar-refractivity contribution in [2.75, 3.05) is 19.7 Å². The van der Waals surface area contributed by atoms with Crippen molar-refractivity contribution in [3.8, 4) is 5.75 Å². The molecular formula is C19H26N2O5. The van der Waals surface area contributed by atoms with E-state index in [-0.39, 0.29) is 18.4 Å². The summed E-state index contributed by atoms with van der Waals surface area (Å²) in [5.74, 6) is 0.151. The highest BCUT2D eigenvalue weighted by Gasteiger charge is 2.08. The van der Waals surface area contributed by atoms with Crippen LogP contribution in [0.3, 0.4) is 0 Å². The highest BCUT2D eigenvalue weighted by atomic mass is 16.7. The van der Waals surface area contributed by atoms with Crippen LogP contribution in [0.5, 0.6) is 5.75 Å². The molecule has 0 aliphatic rings. The second kappa shape index (κ2) is 10.9. The number of nitrogens with one attached hydrogen (secondary N) is 2. The lowest BCUT2D eigenvalue weighted by atomic mass is 10.1. The van der Waals surface area contributed by atoms with Crippen LogP contribution in [-0.2, 0) is 9.53 Å². The molecule has 0 unspecified atom stereocenters. The molecule has 7 heteroatoms. The maximum Gasteiger partial charge on any atom is 0.513 e. The first-order valence-electron chi connectivity index (χ1n) is 8.52. The molecule has 7 nitrogen and oxygen atoms in total. The second-order valence-corrected chi connectivity index (χ2v) is 5.90. The van der Waals surface area contributed by atoms with Crippen LogP contribution in [0.4, 0.5) is 4.79 Å². The van der Waals surface area contributed by atoms with Gasteiger partial charge in [0.25, 0.3) is 5.91 Å². The van der Waals surface area contributed by atoms with Crippen molar-refractivity contribution in [2.24, 2.45) is 5.92 Å². The van der Waals surface area contributed by atoms with Crippen molar-refractivity contribution < 1.29 is 23.9 Å². The Morgan fingerprint density at radius 1 is 1.08 bits per heavy atom. The fourth-order valence-electron chi connectivity index (χ4n) is 1.81. The van der Waals surface area contributed by atoms with E-state index in [1.807, 2.05) is 20.8 Å². The van der Waals surface area contributed by atoms with E-state index in [1.165, 1.54) is 24.3 Å². The lowest BCUT2D eigenvalue weighted by molar-refractivity contribution is -0.116. The largest absolute Gasteiger partial charge is 0.513 e. The summed E-state index contributed by atoms with van der Waals surface area (Å²) < 4.78 is 9.58. The number of carbonyl (C=O) groups excluding carboxylic acids is 3. The minimum absolute atomic E-state index is 0.175. The fourth-order valence-corrected chi connectivity index (χ4v) is 1.81. The topological polar surface area (TPSA) is 93.7 Å². The van der Waals surface area contributed by atoms with Gasteiger partial charge in [-0.3, -0.25) is 9.59 Å². The molecule has 1 aromatic rings. The molecule has 26 heavy (non-hydrogen) atoms. The van der Waals surface area contributed by atoms with Gasteiger partial charge >= 0.3 is 6.16 Å². The Balaban J connectivity index is 2.38. The SMILES string of the molecule is CCOC(=O)Oc1ccc(C(=O)NCCNC(=O)/C=C(\C)C(C)C)cc1. The monoisotopic (exact) mass is 362 g/mol. The molecule has 0 saturated carbocycles. The first kappa shape index (κ1) is 21.2. The summed E-state index contributed by atoms with van der Waals surface area (Å²) >= 11 is 0. The number of carbonyl (C=O) groups is 3. The average molecular weight is 362 g/mol. The molecule has 0 radical (unpaired) electrons. The van der Waals surface area contributed by atoms with Crippen molar-refractivity contribution in [1.29, 1.82) is 0 Å². The third kappa shape index (κ3) is 7.83. The molecule has 0 heterocycles. The molecule has 0 atom stereocenters. The van der Waals surface area contributed by atoms with Gasteiger partial charge in [-0.05, 0) is 44.0 Å². The van der Waals surface area contributed by atoms with Crippen LogP contribution < -0.4 is 15.4 Å². The van der Waals surface area contributed by atoms with E-state index in [1.54, 1.807) is 13.0 Å². The molecule has 1 rings (SSSR count). The number of hydrogen-bond donors (Lipinski definition) is 2. The van der Waals surface area contributed by atoms with Crippen LogP contribution in [-0.4, -0.2) is 37.7 Å². The molecule has 2 N–H and O–H groups in total. The smallest absolute Gasteiger partial charge is 0.434 e. The van der Waals surface area contributed by atoms with Crippen molar-refractivity contribution in [2.45, 2.75) is 27.7 Å². The Morgan fingerprint density at radius 3 is 2.27 bits per heavy atom. The van der Waals surface area contributed by atoms with Gasteiger partial charge in [0.1, 0.15) is 5.75 Å². The lowest BCUT2D eigenvalue weighted by Gasteiger charge is -2.08. The van der Waals surface area contributed by atoms with Gasteiger partial charge in [-0.15, -0.1) is 0 Å². The molecular weight excluding hydrogens is 336 g/mol.